The summed E-state index contributed by atoms with van der Waals surface area (Å²) >= 11 is 0. The van der Waals surface area contributed by atoms with E-state index in [-0.39, 0.29) is 11.1 Å². The van der Waals surface area contributed by atoms with Crippen molar-refractivity contribution in [2.45, 2.75) is 13.3 Å². The minimum atomic E-state index is -0.480. The van der Waals surface area contributed by atoms with E-state index >= 15 is 0 Å². The summed E-state index contributed by atoms with van der Waals surface area (Å²) in [6.45, 7) is 1.98. The van der Waals surface area contributed by atoms with Gasteiger partial charge in [0.1, 0.15) is 17.6 Å². The average Bonchev–Trinajstić information content (AvgIpc) is 2.61. The van der Waals surface area contributed by atoms with Gasteiger partial charge in [0.25, 0.3) is 5.69 Å². The molecule has 0 N–H and O–H groups in total. The Kier molecular flexibility index (Phi) is 4.04. The smallest absolute Gasteiger partial charge is 0.269 e. The Balaban J connectivity index is 2.18. The van der Waals surface area contributed by atoms with Crippen LogP contribution in [0.15, 0.2) is 51.9 Å². The number of benzene rings is 2. The number of ether oxygens (including phenoxy) is 1. The summed E-state index contributed by atoms with van der Waals surface area (Å²) in [5, 5.41) is 11.2. The van der Waals surface area contributed by atoms with Crippen molar-refractivity contribution in [1.29, 1.82) is 0 Å². The maximum absolute atomic E-state index is 12.8. The molecule has 0 atom stereocenters. The summed E-state index contributed by atoms with van der Waals surface area (Å²) in [7, 11) is 1.57. The fraction of sp³-hybridized carbons (Fsp3) is 0.167. The number of aryl methyl sites for hydroxylation is 1. The Labute approximate surface area is 137 Å². The number of methoxy groups -OCH3 is 1. The van der Waals surface area contributed by atoms with Crippen LogP contribution in [0.4, 0.5) is 5.69 Å². The fourth-order valence-corrected chi connectivity index (χ4v) is 2.63. The number of rotatable bonds is 4. The van der Waals surface area contributed by atoms with Crippen LogP contribution in [-0.2, 0) is 6.42 Å². The molecule has 0 aliphatic rings. The predicted octanol–water partition coefficient (Wildman–Crippen LogP) is 3.94. The van der Waals surface area contributed by atoms with Crippen LogP contribution < -0.4 is 10.2 Å². The van der Waals surface area contributed by atoms with Gasteiger partial charge in [-0.2, -0.15) is 0 Å². The van der Waals surface area contributed by atoms with Gasteiger partial charge < -0.3 is 9.15 Å². The summed E-state index contributed by atoms with van der Waals surface area (Å²) in [4.78, 5) is 23.0. The molecular weight excluding hydrogens is 310 g/mol. The lowest BCUT2D eigenvalue weighted by Gasteiger charge is -2.09. The van der Waals surface area contributed by atoms with Gasteiger partial charge in [0.2, 0.25) is 5.43 Å². The summed E-state index contributed by atoms with van der Waals surface area (Å²) < 4.78 is 10.9. The van der Waals surface area contributed by atoms with Crippen molar-refractivity contribution in [2.24, 2.45) is 0 Å². The molecule has 3 aromatic rings. The summed E-state index contributed by atoms with van der Waals surface area (Å²) in [6.07, 6.45) is 2.09. The molecule has 0 spiro atoms. The molecule has 6 heteroatoms. The lowest BCUT2D eigenvalue weighted by molar-refractivity contribution is -0.384. The van der Waals surface area contributed by atoms with Gasteiger partial charge in [0.05, 0.1) is 23.0 Å². The van der Waals surface area contributed by atoms with Gasteiger partial charge in [0.15, 0.2) is 0 Å². The molecule has 0 saturated heterocycles. The number of nitro groups is 1. The lowest BCUT2D eigenvalue weighted by atomic mass is 10.0. The van der Waals surface area contributed by atoms with Gasteiger partial charge in [-0.25, -0.2) is 0 Å². The van der Waals surface area contributed by atoms with E-state index in [1.54, 1.807) is 31.4 Å². The molecule has 0 unspecified atom stereocenters. The normalized spacial score (nSPS) is 10.8. The van der Waals surface area contributed by atoms with Gasteiger partial charge in [-0.3, -0.25) is 14.9 Å². The van der Waals surface area contributed by atoms with E-state index in [4.69, 9.17) is 9.15 Å². The van der Waals surface area contributed by atoms with Crippen molar-refractivity contribution >= 4 is 16.7 Å². The monoisotopic (exact) mass is 325 g/mol. The number of hydrogen-bond donors (Lipinski definition) is 0. The molecule has 6 nitrogen and oxygen atoms in total. The Bertz CT molecular complexity index is 973. The molecule has 1 aromatic heterocycles. The van der Waals surface area contributed by atoms with Gasteiger partial charge in [-0.05, 0) is 35.7 Å². The van der Waals surface area contributed by atoms with Crippen molar-refractivity contribution in [1.82, 2.24) is 0 Å². The minimum Gasteiger partial charge on any atom is -0.496 e. The number of hydrogen-bond acceptors (Lipinski definition) is 5. The number of nitrogens with zero attached hydrogens (tertiary/aromatic N) is 1. The number of nitro benzene ring substituents is 1. The molecule has 0 saturated carbocycles. The highest BCUT2D eigenvalue weighted by atomic mass is 16.6. The van der Waals surface area contributed by atoms with Gasteiger partial charge in [-0.1, -0.05) is 6.92 Å². The van der Waals surface area contributed by atoms with E-state index in [0.717, 1.165) is 12.0 Å². The highest BCUT2D eigenvalue weighted by molar-refractivity contribution is 5.83. The first-order chi connectivity index (χ1) is 11.5. The lowest BCUT2D eigenvalue weighted by Crippen LogP contribution is -2.06. The zero-order valence-corrected chi connectivity index (χ0v) is 13.2. The van der Waals surface area contributed by atoms with E-state index < -0.39 is 4.92 Å². The van der Waals surface area contributed by atoms with Crippen LogP contribution in [0, 0.1) is 10.1 Å². The van der Waals surface area contributed by atoms with E-state index in [0.29, 0.717) is 27.8 Å². The van der Waals surface area contributed by atoms with Crippen LogP contribution >= 0.6 is 0 Å². The van der Waals surface area contributed by atoms with Crippen molar-refractivity contribution in [3.05, 3.63) is 68.6 Å². The standard InChI is InChI=1S/C18H15NO5/c1-3-11-8-14-17(9-16(11)23-2)24-10-15(18(14)20)12-4-6-13(7-5-12)19(21)22/h4-10H,3H2,1-2H3. The average molecular weight is 325 g/mol. The molecule has 3 rings (SSSR count). The predicted molar refractivity (Wildman–Crippen MR) is 90.5 cm³/mol. The number of non-ortho nitro benzene ring substituents is 1. The molecule has 122 valence electrons. The molecular formula is C18H15NO5. The molecule has 0 fully saturated rings. The first kappa shape index (κ1) is 15.7. The first-order valence-corrected chi connectivity index (χ1v) is 7.42. The maximum atomic E-state index is 12.8. The SMILES string of the molecule is CCc1cc2c(=O)c(-c3ccc([N+](=O)[O-])cc3)coc2cc1OC. The summed E-state index contributed by atoms with van der Waals surface area (Å²) in [5.74, 6) is 0.677. The minimum absolute atomic E-state index is 0.0260. The zero-order valence-electron chi connectivity index (χ0n) is 13.2. The van der Waals surface area contributed by atoms with Crippen molar-refractivity contribution < 1.29 is 14.1 Å². The van der Waals surface area contributed by atoms with Crippen LogP contribution in [0.3, 0.4) is 0 Å². The van der Waals surface area contributed by atoms with E-state index in [2.05, 4.69) is 0 Å². The topological polar surface area (TPSA) is 82.6 Å². The van der Waals surface area contributed by atoms with E-state index in [1.807, 2.05) is 6.92 Å². The third-order valence-electron chi connectivity index (χ3n) is 3.95. The van der Waals surface area contributed by atoms with E-state index in [9.17, 15) is 14.9 Å². The van der Waals surface area contributed by atoms with Crippen LogP contribution in [0.1, 0.15) is 12.5 Å². The molecule has 24 heavy (non-hydrogen) atoms. The molecule has 1 heterocycles. The first-order valence-electron chi connectivity index (χ1n) is 7.42. The van der Waals surface area contributed by atoms with E-state index in [1.165, 1.54) is 18.4 Å². The van der Waals surface area contributed by atoms with Crippen LogP contribution in [-0.4, -0.2) is 12.0 Å². The largest absolute Gasteiger partial charge is 0.496 e. The Morgan fingerprint density at radius 1 is 1.21 bits per heavy atom. The highest BCUT2D eigenvalue weighted by Crippen LogP contribution is 2.27. The molecule has 0 aliphatic heterocycles. The van der Waals surface area contributed by atoms with Crippen molar-refractivity contribution in [3.63, 3.8) is 0 Å². The van der Waals surface area contributed by atoms with Crippen molar-refractivity contribution in [3.8, 4) is 16.9 Å². The molecule has 0 aliphatic carbocycles. The molecule has 0 radical (unpaired) electrons. The van der Waals surface area contributed by atoms with Crippen LogP contribution in [0.2, 0.25) is 0 Å². The summed E-state index contributed by atoms with van der Waals surface area (Å²) in [6, 6.07) is 9.29. The Hall–Kier alpha value is -3.15. The second-order valence-corrected chi connectivity index (χ2v) is 5.30. The second-order valence-electron chi connectivity index (χ2n) is 5.30. The van der Waals surface area contributed by atoms with Crippen molar-refractivity contribution in [2.75, 3.05) is 7.11 Å². The molecule has 0 amide bonds. The second kappa shape index (κ2) is 6.16. The molecule has 0 bridgehead atoms. The van der Waals surface area contributed by atoms with Gasteiger partial charge in [-0.15, -0.1) is 0 Å². The quantitative estimate of drug-likeness (QED) is 0.536. The highest BCUT2D eigenvalue weighted by Gasteiger charge is 2.13. The third kappa shape index (κ3) is 2.62. The van der Waals surface area contributed by atoms with Crippen LogP contribution in [0.25, 0.3) is 22.1 Å². The van der Waals surface area contributed by atoms with Gasteiger partial charge >= 0.3 is 0 Å². The van der Waals surface area contributed by atoms with Gasteiger partial charge in [0, 0.05) is 18.2 Å². The maximum Gasteiger partial charge on any atom is 0.269 e. The molecule has 2 aromatic carbocycles. The Morgan fingerprint density at radius 3 is 2.50 bits per heavy atom. The Morgan fingerprint density at radius 2 is 1.92 bits per heavy atom. The third-order valence-corrected chi connectivity index (χ3v) is 3.95. The van der Waals surface area contributed by atoms with Crippen LogP contribution in [0.5, 0.6) is 5.75 Å². The summed E-state index contributed by atoms with van der Waals surface area (Å²) in [5.41, 5.74) is 2.09. The fourth-order valence-electron chi connectivity index (χ4n) is 2.63. The zero-order chi connectivity index (χ0) is 17.3. The number of fused-ring (bicyclic) bond motifs is 1.